The van der Waals surface area contributed by atoms with Crippen LogP contribution in [0.3, 0.4) is 0 Å². The fourth-order valence-corrected chi connectivity index (χ4v) is 3.56. The molecule has 0 aliphatic rings. The lowest BCUT2D eigenvalue weighted by molar-refractivity contribution is 0.208. The first kappa shape index (κ1) is 27.9. The Morgan fingerprint density at radius 1 is 0.692 bits per heavy atom. The van der Waals surface area contributed by atoms with Gasteiger partial charge in [0.25, 0.3) is 10.5 Å². The summed E-state index contributed by atoms with van der Waals surface area (Å²) in [5.41, 5.74) is 0. The molecule has 0 aromatic heterocycles. The lowest BCUT2D eigenvalue weighted by atomic mass is 10.1. The summed E-state index contributed by atoms with van der Waals surface area (Å²) in [6.45, 7) is 20.4. The van der Waals surface area contributed by atoms with Crippen molar-refractivity contribution in [1.29, 1.82) is 0 Å². The number of amides is 2. The fourth-order valence-electron chi connectivity index (χ4n) is 2.37. The van der Waals surface area contributed by atoms with Crippen molar-refractivity contribution < 1.29 is 9.59 Å². The van der Waals surface area contributed by atoms with Crippen LogP contribution in [0.25, 0.3) is 0 Å². The van der Waals surface area contributed by atoms with Crippen LogP contribution in [0.4, 0.5) is 9.59 Å². The maximum absolute atomic E-state index is 11.7. The van der Waals surface area contributed by atoms with Crippen LogP contribution in [-0.4, -0.2) is 58.0 Å². The van der Waals surface area contributed by atoms with Gasteiger partial charge in [0.2, 0.25) is 0 Å². The number of carbonyl (C=O) groups excluding carboxylic acids is 2. The number of rotatable bonds is 10. The van der Waals surface area contributed by atoms with Gasteiger partial charge in [0.15, 0.2) is 0 Å². The van der Waals surface area contributed by atoms with Crippen molar-refractivity contribution in [3.8, 4) is 0 Å². The highest BCUT2D eigenvalue weighted by Gasteiger charge is 2.15. The van der Waals surface area contributed by atoms with Crippen molar-refractivity contribution in [2.24, 2.45) is 11.8 Å². The molecule has 0 spiro atoms. The Morgan fingerprint density at radius 2 is 1.04 bits per heavy atom. The van der Waals surface area contributed by atoms with Crippen LogP contribution >= 0.6 is 23.5 Å². The van der Waals surface area contributed by atoms with Gasteiger partial charge < -0.3 is 9.80 Å². The molecular weight excluding hydrogens is 364 g/mol. The molecule has 2 amide bonds. The minimum Gasteiger partial charge on any atom is -0.334 e. The van der Waals surface area contributed by atoms with E-state index in [2.05, 4.69) is 41.5 Å². The van der Waals surface area contributed by atoms with Gasteiger partial charge in [-0.05, 0) is 36.2 Å². The Morgan fingerprint density at radius 3 is 1.31 bits per heavy atom. The first-order valence-corrected chi connectivity index (χ1v) is 12.0. The van der Waals surface area contributed by atoms with E-state index in [-0.39, 0.29) is 10.5 Å². The van der Waals surface area contributed by atoms with E-state index in [0.717, 1.165) is 50.5 Å². The van der Waals surface area contributed by atoms with E-state index in [1.807, 2.05) is 23.6 Å². The Balaban J connectivity index is 0. The molecule has 6 heteroatoms. The zero-order valence-electron chi connectivity index (χ0n) is 18.3. The molecule has 0 saturated heterocycles. The summed E-state index contributed by atoms with van der Waals surface area (Å²) < 4.78 is 0. The summed E-state index contributed by atoms with van der Waals surface area (Å²) >= 11 is 2.82. The smallest absolute Gasteiger partial charge is 0.281 e. The van der Waals surface area contributed by atoms with Crippen LogP contribution in [-0.2, 0) is 0 Å². The van der Waals surface area contributed by atoms with E-state index in [0.29, 0.717) is 11.8 Å². The quantitative estimate of drug-likeness (QED) is 0.418. The van der Waals surface area contributed by atoms with Crippen molar-refractivity contribution in [2.45, 2.75) is 68.2 Å². The third kappa shape index (κ3) is 15.9. The summed E-state index contributed by atoms with van der Waals surface area (Å²) in [7, 11) is 0. The largest absolute Gasteiger partial charge is 0.334 e. The van der Waals surface area contributed by atoms with Crippen LogP contribution in [0, 0.1) is 11.8 Å². The van der Waals surface area contributed by atoms with Gasteiger partial charge in [-0.25, -0.2) is 0 Å². The van der Waals surface area contributed by atoms with Crippen LogP contribution in [0.15, 0.2) is 0 Å². The van der Waals surface area contributed by atoms with Gasteiger partial charge in [-0.1, -0.05) is 78.9 Å². The minimum absolute atomic E-state index is 0.231. The third-order valence-electron chi connectivity index (χ3n) is 3.21. The maximum atomic E-state index is 11.7. The van der Waals surface area contributed by atoms with Gasteiger partial charge in [0, 0.05) is 26.2 Å². The Labute approximate surface area is 171 Å². The first-order valence-electron chi connectivity index (χ1n) is 10.1. The molecule has 0 N–H and O–H groups in total. The minimum atomic E-state index is 0.231. The van der Waals surface area contributed by atoms with E-state index in [1.54, 1.807) is 0 Å². The van der Waals surface area contributed by atoms with Crippen molar-refractivity contribution in [3.05, 3.63) is 0 Å². The second-order valence-corrected chi connectivity index (χ2v) is 9.51. The summed E-state index contributed by atoms with van der Waals surface area (Å²) in [5.74, 6) is 2.85. The highest BCUT2D eigenvalue weighted by molar-refractivity contribution is 8.13. The first-order chi connectivity index (χ1) is 12.2. The van der Waals surface area contributed by atoms with Crippen LogP contribution in [0.2, 0.25) is 0 Å². The van der Waals surface area contributed by atoms with Crippen LogP contribution < -0.4 is 0 Å². The lowest BCUT2D eigenvalue weighted by Crippen LogP contribution is -2.34. The molecular formula is C20H42N2O2S2. The number of hydrogen-bond donors (Lipinski definition) is 0. The number of hydrogen-bond acceptors (Lipinski definition) is 4. The van der Waals surface area contributed by atoms with Crippen molar-refractivity contribution >= 4 is 34.0 Å². The van der Waals surface area contributed by atoms with E-state index < -0.39 is 0 Å². The zero-order valence-corrected chi connectivity index (χ0v) is 20.0. The predicted octanol–water partition coefficient (Wildman–Crippen LogP) is 6.46. The summed E-state index contributed by atoms with van der Waals surface area (Å²) in [5, 5.41) is 0.469. The van der Waals surface area contributed by atoms with Crippen molar-refractivity contribution in [2.75, 3.05) is 37.7 Å². The van der Waals surface area contributed by atoms with E-state index in [9.17, 15) is 9.59 Å². The molecule has 0 rings (SSSR count). The predicted molar refractivity (Wildman–Crippen MR) is 120 cm³/mol. The number of carbonyl (C=O) groups is 2. The third-order valence-corrected chi connectivity index (χ3v) is 4.80. The SMILES string of the molecule is CCCN(CCC)C(=O)SCC.CCSC(=O)N(CC(C)C)CC(C)C. The van der Waals surface area contributed by atoms with Crippen LogP contribution in [0.5, 0.6) is 0 Å². The average Bonchev–Trinajstić information content (AvgIpc) is 2.54. The Bertz CT molecular complexity index is 348. The number of thioether (sulfide) groups is 2. The molecule has 0 heterocycles. The molecule has 0 aromatic rings. The maximum Gasteiger partial charge on any atom is 0.281 e. The second kappa shape index (κ2) is 18.0. The normalized spacial score (nSPS) is 10.5. The summed E-state index contributed by atoms with van der Waals surface area (Å²) in [6.07, 6.45) is 2.10. The molecule has 0 aliphatic carbocycles. The topological polar surface area (TPSA) is 40.6 Å². The lowest BCUT2D eigenvalue weighted by Gasteiger charge is -2.25. The molecule has 0 aromatic carbocycles. The highest BCUT2D eigenvalue weighted by atomic mass is 32.2. The van der Waals surface area contributed by atoms with Crippen LogP contribution in [0.1, 0.15) is 68.2 Å². The molecule has 4 nitrogen and oxygen atoms in total. The van der Waals surface area contributed by atoms with E-state index >= 15 is 0 Å². The molecule has 0 radical (unpaired) electrons. The second-order valence-electron chi connectivity index (χ2n) is 7.08. The van der Waals surface area contributed by atoms with Gasteiger partial charge in [0.1, 0.15) is 0 Å². The highest BCUT2D eigenvalue weighted by Crippen LogP contribution is 2.13. The van der Waals surface area contributed by atoms with Gasteiger partial charge in [0.05, 0.1) is 0 Å². The molecule has 0 fully saturated rings. The average molecular weight is 407 g/mol. The molecule has 0 bridgehead atoms. The monoisotopic (exact) mass is 406 g/mol. The Kier molecular flexibility index (Phi) is 19.3. The van der Waals surface area contributed by atoms with Crippen molar-refractivity contribution in [1.82, 2.24) is 9.80 Å². The zero-order chi connectivity index (χ0) is 20.5. The Hall–Kier alpha value is -0.360. The van der Waals surface area contributed by atoms with Crippen molar-refractivity contribution in [3.63, 3.8) is 0 Å². The molecule has 0 saturated carbocycles. The van der Waals surface area contributed by atoms with Gasteiger partial charge in [-0.15, -0.1) is 0 Å². The van der Waals surface area contributed by atoms with E-state index in [4.69, 9.17) is 0 Å². The summed E-state index contributed by atoms with van der Waals surface area (Å²) in [6, 6.07) is 0. The molecule has 0 unspecified atom stereocenters. The van der Waals surface area contributed by atoms with Gasteiger partial charge >= 0.3 is 0 Å². The summed E-state index contributed by atoms with van der Waals surface area (Å²) in [4.78, 5) is 27.0. The molecule has 26 heavy (non-hydrogen) atoms. The number of nitrogens with zero attached hydrogens (tertiary/aromatic N) is 2. The molecule has 0 aliphatic heterocycles. The molecule has 0 atom stereocenters. The molecule has 156 valence electrons. The van der Waals surface area contributed by atoms with E-state index in [1.165, 1.54) is 23.5 Å². The standard InChI is InChI=1S/C11H23NOS.C9H19NOS/c1-6-14-11(13)12(7-9(2)3)8-10(4)5;1-4-7-10(8-5-2)9(11)12-6-3/h9-10H,6-8H2,1-5H3;4-8H2,1-3H3. The van der Waals surface area contributed by atoms with Gasteiger partial charge in [-0.3, -0.25) is 9.59 Å². The van der Waals surface area contributed by atoms with Gasteiger partial charge in [-0.2, -0.15) is 0 Å². The fraction of sp³-hybridized carbons (Fsp3) is 0.900.